The van der Waals surface area contributed by atoms with Crippen molar-refractivity contribution in [1.82, 2.24) is 13.5 Å². The molecule has 1 N–H and O–H groups in total. The largest absolute Gasteiger partial charge is 0.384 e. The van der Waals surface area contributed by atoms with E-state index >= 15 is 0 Å². The van der Waals surface area contributed by atoms with E-state index in [1.807, 2.05) is 85.9 Å². The van der Waals surface area contributed by atoms with Crippen molar-refractivity contribution in [2.24, 2.45) is 0 Å². The molecule has 0 aromatic heterocycles. The number of nitrogens with one attached hydrogen (secondary N) is 1. The van der Waals surface area contributed by atoms with Gasteiger partial charge in [0.25, 0.3) is 0 Å². The molecule has 1 saturated heterocycles. The van der Waals surface area contributed by atoms with Crippen LogP contribution < -0.4 is 10.2 Å². The maximum Gasteiger partial charge on any atom is 0.245 e. The number of benzene rings is 4. The molecule has 0 bridgehead atoms. The number of aryl methyl sites for hydroxylation is 1. The van der Waals surface area contributed by atoms with Crippen LogP contribution in [0.4, 0.5) is 11.4 Å². The van der Waals surface area contributed by atoms with Crippen LogP contribution in [0.25, 0.3) is 0 Å². The Bertz CT molecular complexity index is 1820. The van der Waals surface area contributed by atoms with Crippen molar-refractivity contribution in [2.45, 2.75) is 35.7 Å². The van der Waals surface area contributed by atoms with Gasteiger partial charge in [0, 0.05) is 59.9 Å². The molecule has 1 aliphatic heterocycles. The summed E-state index contributed by atoms with van der Waals surface area (Å²) >= 11 is 0. The molecule has 47 heavy (non-hydrogen) atoms. The molecule has 0 spiro atoms. The van der Waals surface area contributed by atoms with Crippen molar-refractivity contribution in [3.05, 3.63) is 120 Å². The first kappa shape index (κ1) is 34.6. The fourth-order valence-corrected chi connectivity index (χ4v) is 8.53. The molecule has 5 rings (SSSR count). The van der Waals surface area contributed by atoms with Crippen molar-refractivity contribution in [3.8, 4) is 0 Å². The van der Waals surface area contributed by atoms with Crippen LogP contribution in [-0.2, 0) is 39.6 Å². The summed E-state index contributed by atoms with van der Waals surface area (Å²) < 4.78 is 60.0. The molecule has 1 heterocycles. The third-order valence-electron chi connectivity index (χ3n) is 8.58. The van der Waals surface area contributed by atoms with Gasteiger partial charge in [-0.1, -0.05) is 91.0 Å². The van der Waals surface area contributed by atoms with Gasteiger partial charge >= 0.3 is 0 Å². The molecule has 11 heteroatoms. The van der Waals surface area contributed by atoms with E-state index < -0.39 is 20.0 Å². The highest BCUT2D eigenvalue weighted by Gasteiger charge is 2.33. The van der Waals surface area contributed by atoms with E-state index in [-0.39, 0.29) is 22.9 Å². The van der Waals surface area contributed by atoms with Crippen LogP contribution in [0.2, 0.25) is 0 Å². The van der Waals surface area contributed by atoms with Crippen LogP contribution in [0.5, 0.6) is 0 Å². The molecule has 4 aromatic carbocycles. The Hall–Kier alpha value is -3.74. The fourth-order valence-electron chi connectivity index (χ4n) is 5.75. The normalized spacial score (nSPS) is 14.5. The van der Waals surface area contributed by atoms with Crippen LogP contribution in [0.15, 0.2) is 113 Å². The Balaban J connectivity index is 1.57. The minimum Gasteiger partial charge on any atom is -0.384 e. The lowest BCUT2D eigenvalue weighted by atomic mass is 10.1. The first-order chi connectivity index (χ1) is 22.6. The summed E-state index contributed by atoms with van der Waals surface area (Å²) in [4.78, 5) is 4.19. The zero-order valence-corrected chi connectivity index (χ0v) is 29.1. The monoisotopic (exact) mass is 675 g/mol. The molecule has 0 atom stereocenters. The first-order valence-corrected chi connectivity index (χ1v) is 18.8. The number of rotatable bonds is 14. The van der Waals surface area contributed by atoms with E-state index in [4.69, 9.17) is 0 Å². The van der Waals surface area contributed by atoms with E-state index in [1.54, 1.807) is 13.1 Å². The van der Waals surface area contributed by atoms with Crippen LogP contribution in [0.3, 0.4) is 0 Å². The molecule has 0 aliphatic carbocycles. The molecule has 0 saturated carbocycles. The molecule has 4 aromatic rings. The minimum atomic E-state index is -4.12. The van der Waals surface area contributed by atoms with Gasteiger partial charge in [-0.05, 0) is 48.7 Å². The number of hydrogen-bond acceptors (Lipinski definition) is 7. The molecule has 0 unspecified atom stereocenters. The summed E-state index contributed by atoms with van der Waals surface area (Å²) in [6.07, 6.45) is 1.60. The van der Waals surface area contributed by atoms with Crippen molar-refractivity contribution < 1.29 is 16.8 Å². The van der Waals surface area contributed by atoms with Gasteiger partial charge in [0.05, 0.1) is 11.4 Å². The Morgan fingerprint density at radius 2 is 1.11 bits per heavy atom. The summed E-state index contributed by atoms with van der Waals surface area (Å²) in [5.74, 6) is 0. The number of nitrogens with zero attached hydrogens (tertiary/aromatic N) is 4. The van der Waals surface area contributed by atoms with Gasteiger partial charge in [0.15, 0.2) is 0 Å². The van der Waals surface area contributed by atoms with Crippen molar-refractivity contribution in [1.29, 1.82) is 0 Å². The van der Waals surface area contributed by atoms with E-state index in [0.29, 0.717) is 31.0 Å². The van der Waals surface area contributed by atoms with E-state index in [0.717, 1.165) is 37.1 Å². The Morgan fingerprint density at radius 1 is 0.638 bits per heavy atom. The number of anilines is 2. The molecule has 250 valence electrons. The second kappa shape index (κ2) is 15.4. The van der Waals surface area contributed by atoms with Crippen molar-refractivity contribution >= 4 is 31.4 Å². The van der Waals surface area contributed by atoms with Gasteiger partial charge in [0.2, 0.25) is 20.0 Å². The molecular formula is C36H45N5O4S2. The van der Waals surface area contributed by atoms with Gasteiger partial charge in [-0.25, -0.2) is 16.8 Å². The molecule has 0 amide bonds. The zero-order valence-electron chi connectivity index (χ0n) is 27.4. The van der Waals surface area contributed by atoms with Gasteiger partial charge in [0.1, 0.15) is 9.79 Å². The summed E-state index contributed by atoms with van der Waals surface area (Å²) in [5.41, 5.74) is 3.78. The topological polar surface area (TPSA) is 93.3 Å². The average molecular weight is 676 g/mol. The summed E-state index contributed by atoms with van der Waals surface area (Å²) in [7, 11) is -3.11. The smallest absolute Gasteiger partial charge is 0.245 e. The maximum absolute atomic E-state index is 14.4. The highest BCUT2D eigenvalue weighted by Crippen LogP contribution is 2.37. The van der Waals surface area contributed by atoms with Gasteiger partial charge < -0.3 is 15.1 Å². The lowest BCUT2D eigenvalue weighted by Crippen LogP contribution is -2.45. The summed E-state index contributed by atoms with van der Waals surface area (Å²) in [6, 6.07) is 32.0. The summed E-state index contributed by atoms with van der Waals surface area (Å²) in [5, 5.41) is 3.39. The predicted molar refractivity (Wildman–Crippen MR) is 190 cm³/mol. The van der Waals surface area contributed by atoms with E-state index in [2.05, 4.69) is 27.2 Å². The Kier molecular flexibility index (Phi) is 11.4. The first-order valence-electron chi connectivity index (χ1n) is 16.0. The summed E-state index contributed by atoms with van der Waals surface area (Å²) in [6.45, 7) is 3.58. The van der Waals surface area contributed by atoms with Crippen LogP contribution >= 0.6 is 0 Å². The molecular weight excluding hydrogens is 631 g/mol. The van der Waals surface area contributed by atoms with Gasteiger partial charge in [-0.15, -0.1) is 0 Å². The van der Waals surface area contributed by atoms with Gasteiger partial charge in [-0.2, -0.15) is 8.61 Å². The lowest BCUT2D eigenvalue weighted by Gasteiger charge is -2.36. The minimum absolute atomic E-state index is 0.0120. The van der Waals surface area contributed by atoms with Crippen LogP contribution in [-0.4, -0.2) is 84.2 Å². The molecule has 9 nitrogen and oxygen atoms in total. The number of piperazine rings is 1. The predicted octanol–water partition coefficient (Wildman–Crippen LogP) is 5.12. The number of sulfonamides is 2. The highest BCUT2D eigenvalue weighted by atomic mass is 32.2. The highest BCUT2D eigenvalue weighted by molar-refractivity contribution is 7.90. The lowest BCUT2D eigenvalue weighted by molar-refractivity contribution is 0.312. The number of likely N-dealkylation sites (N-methyl/N-ethyl adjacent to an activating group) is 1. The molecule has 0 radical (unpaired) electrons. The Morgan fingerprint density at radius 3 is 1.62 bits per heavy atom. The molecule has 1 fully saturated rings. The average Bonchev–Trinajstić information content (AvgIpc) is 3.08. The quantitative estimate of drug-likeness (QED) is 0.186. The Labute approximate surface area is 280 Å². The maximum atomic E-state index is 14.4. The van der Waals surface area contributed by atoms with Gasteiger partial charge in [-0.3, -0.25) is 0 Å². The van der Waals surface area contributed by atoms with Crippen LogP contribution in [0.1, 0.15) is 23.1 Å². The van der Waals surface area contributed by atoms with E-state index in [1.165, 1.54) is 27.3 Å². The van der Waals surface area contributed by atoms with Crippen molar-refractivity contribution in [2.75, 3.05) is 64.1 Å². The third kappa shape index (κ3) is 8.60. The fraction of sp³-hybridized carbons (Fsp3) is 0.333. The second-order valence-electron chi connectivity index (χ2n) is 12.1. The standard InChI is InChI=1S/C36H45N5O4S2/c1-38-22-24-41(25-23-38)34-26-33(37-21-13-20-30-14-7-4-8-15-30)35(46(42,43)39(2)28-31-16-9-5-10-17-31)27-36(34)47(44,45)40(3)29-32-18-11-6-12-19-32/h4-12,14-19,26-27,37H,13,20-25,28-29H2,1-3H3. The van der Waals surface area contributed by atoms with Crippen LogP contribution in [0, 0.1) is 0 Å². The third-order valence-corrected chi connectivity index (χ3v) is 12.3. The second-order valence-corrected chi connectivity index (χ2v) is 16.1. The SMILES string of the molecule is CN1CCN(c2cc(NCCCc3ccccc3)c(S(=O)(=O)N(C)Cc3ccccc3)cc2S(=O)(=O)N(C)Cc2ccccc2)CC1. The molecule has 1 aliphatic rings. The number of hydrogen-bond donors (Lipinski definition) is 1. The van der Waals surface area contributed by atoms with Crippen molar-refractivity contribution in [3.63, 3.8) is 0 Å². The zero-order chi connectivity index (χ0) is 33.4. The van der Waals surface area contributed by atoms with E-state index in [9.17, 15) is 16.8 Å².